The van der Waals surface area contributed by atoms with Gasteiger partial charge in [0.1, 0.15) is 5.82 Å². The normalized spacial score (nSPS) is 10.6. The van der Waals surface area contributed by atoms with Crippen LogP contribution in [0.4, 0.5) is 21.7 Å². The number of nitrogens with zero attached hydrogens (tertiary/aromatic N) is 3. The van der Waals surface area contributed by atoms with Crippen molar-refractivity contribution < 1.29 is 4.39 Å². The van der Waals surface area contributed by atoms with Crippen LogP contribution in [0, 0.1) is 12.7 Å². The number of H-pyrrole nitrogens is 1. The maximum Gasteiger partial charge on any atom is 0.263 e. The second-order valence-corrected chi connectivity index (χ2v) is 5.38. The van der Waals surface area contributed by atoms with Crippen LogP contribution in [0.1, 0.15) is 11.1 Å². The first-order valence-corrected chi connectivity index (χ1v) is 7.29. The summed E-state index contributed by atoms with van der Waals surface area (Å²) in [5, 5.41) is 19.9. The minimum Gasteiger partial charge on any atom is -0.352 e. The van der Waals surface area contributed by atoms with Crippen LogP contribution in [0.3, 0.4) is 0 Å². The average molecular weight is 333 g/mol. The first-order valence-electron chi connectivity index (χ1n) is 6.91. The molecule has 0 unspecified atom stereocenters. The van der Waals surface area contributed by atoms with Gasteiger partial charge in [-0.05, 0) is 35.9 Å². The molecule has 118 valence electrons. The Morgan fingerprint density at radius 2 is 2.13 bits per heavy atom. The van der Waals surface area contributed by atoms with Gasteiger partial charge in [-0.15, -0.1) is 5.10 Å². The third kappa shape index (κ3) is 3.57. The molecule has 2 aromatic carbocycles. The van der Waals surface area contributed by atoms with Gasteiger partial charge in [-0.2, -0.15) is 5.21 Å². The predicted octanol–water partition coefficient (Wildman–Crippen LogP) is 3.66. The zero-order chi connectivity index (χ0) is 16.2. The molecule has 23 heavy (non-hydrogen) atoms. The highest BCUT2D eigenvalue weighted by Crippen LogP contribution is 2.30. The molecule has 0 saturated carbocycles. The third-order valence-corrected chi connectivity index (χ3v) is 3.58. The lowest BCUT2D eigenvalue weighted by Crippen LogP contribution is -2.05. The van der Waals surface area contributed by atoms with Crippen molar-refractivity contribution in [1.82, 2.24) is 20.6 Å². The molecule has 6 nitrogen and oxygen atoms in total. The Morgan fingerprint density at radius 3 is 2.87 bits per heavy atom. The summed E-state index contributed by atoms with van der Waals surface area (Å²) in [6, 6.07) is 10.4. The number of aromatic amines is 1. The molecule has 0 atom stereocenters. The molecule has 3 rings (SSSR count). The van der Waals surface area contributed by atoms with Gasteiger partial charge in [-0.25, -0.2) is 4.39 Å². The Kier molecular flexibility index (Phi) is 4.38. The molecule has 0 aliphatic carbocycles. The largest absolute Gasteiger partial charge is 0.352 e. The van der Waals surface area contributed by atoms with Crippen LogP contribution < -0.4 is 10.6 Å². The van der Waals surface area contributed by atoms with E-state index in [4.69, 9.17) is 11.6 Å². The first-order chi connectivity index (χ1) is 11.1. The van der Waals surface area contributed by atoms with E-state index in [0.717, 1.165) is 16.8 Å². The van der Waals surface area contributed by atoms with Crippen molar-refractivity contribution in [2.45, 2.75) is 13.5 Å². The number of hydrogen-bond acceptors (Lipinski definition) is 5. The molecule has 0 saturated heterocycles. The Morgan fingerprint density at radius 1 is 1.26 bits per heavy atom. The highest BCUT2D eigenvalue weighted by atomic mass is 35.5. The number of benzene rings is 2. The Labute approximate surface area is 137 Å². The first kappa shape index (κ1) is 15.2. The lowest BCUT2D eigenvalue weighted by Gasteiger charge is -2.15. The van der Waals surface area contributed by atoms with Gasteiger partial charge in [0, 0.05) is 12.2 Å². The Hall–Kier alpha value is -2.67. The summed E-state index contributed by atoms with van der Waals surface area (Å²) in [5.74, 6) is -0.0171. The molecule has 0 aliphatic heterocycles. The number of aryl methyl sites for hydroxylation is 1. The zero-order valence-electron chi connectivity index (χ0n) is 12.3. The van der Waals surface area contributed by atoms with E-state index in [9.17, 15) is 4.39 Å². The summed E-state index contributed by atoms with van der Waals surface area (Å²) < 4.78 is 14.0. The second kappa shape index (κ2) is 6.62. The molecule has 1 aromatic heterocycles. The van der Waals surface area contributed by atoms with Crippen LogP contribution in [0.25, 0.3) is 0 Å². The third-order valence-electron chi connectivity index (χ3n) is 3.27. The van der Waals surface area contributed by atoms with E-state index in [1.165, 1.54) is 6.07 Å². The topological polar surface area (TPSA) is 78.5 Å². The fourth-order valence-electron chi connectivity index (χ4n) is 2.15. The molecule has 0 radical (unpaired) electrons. The van der Waals surface area contributed by atoms with Crippen molar-refractivity contribution in [3.05, 3.63) is 58.4 Å². The van der Waals surface area contributed by atoms with Gasteiger partial charge in [0.15, 0.2) is 0 Å². The van der Waals surface area contributed by atoms with E-state index >= 15 is 0 Å². The molecule has 3 N–H and O–H groups in total. The fraction of sp³-hybridized carbons (Fsp3) is 0.133. The number of anilines is 3. The highest BCUT2D eigenvalue weighted by molar-refractivity contribution is 6.33. The van der Waals surface area contributed by atoms with Crippen LogP contribution in [0.5, 0.6) is 0 Å². The minimum atomic E-state index is -0.407. The van der Waals surface area contributed by atoms with E-state index in [-0.39, 0.29) is 5.69 Å². The molecule has 0 fully saturated rings. The predicted molar refractivity (Wildman–Crippen MR) is 87.4 cm³/mol. The lowest BCUT2D eigenvalue weighted by molar-refractivity contribution is 0.632. The standard InChI is InChI=1S/C15H14ClFN6/c1-9-5-6-13(19-14-11(16)3-2-4-12(14)17)10(7-9)8-18-15-20-22-23-21-15/h2-7,19H,8H2,1H3,(H2,18,20,21,22,23). The van der Waals surface area contributed by atoms with Gasteiger partial charge in [-0.3, -0.25) is 0 Å². The average Bonchev–Trinajstić information content (AvgIpc) is 3.04. The molecular formula is C15H14ClFN6. The summed E-state index contributed by atoms with van der Waals surface area (Å²) >= 11 is 6.07. The van der Waals surface area contributed by atoms with Gasteiger partial charge in [0.25, 0.3) is 5.95 Å². The van der Waals surface area contributed by atoms with Crippen LogP contribution >= 0.6 is 11.6 Å². The van der Waals surface area contributed by atoms with Gasteiger partial charge in [0.05, 0.1) is 10.7 Å². The van der Waals surface area contributed by atoms with Crippen molar-refractivity contribution in [3.8, 4) is 0 Å². The molecule has 8 heteroatoms. The summed E-state index contributed by atoms with van der Waals surface area (Å²) in [6.07, 6.45) is 0. The van der Waals surface area contributed by atoms with Crippen molar-refractivity contribution in [2.24, 2.45) is 0 Å². The number of hydrogen-bond donors (Lipinski definition) is 3. The lowest BCUT2D eigenvalue weighted by atomic mass is 10.1. The van der Waals surface area contributed by atoms with Crippen molar-refractivity contribution in [3.63, 3.8) is 0 Å². The van der Waals surface area contributed by atoms with Crippen molar-refractivity contribution in [2.75, 3.05) is 10.6 Å². The van der Waals surface area contributed by atoms with Crippen LogP contribution in [-0.2, 0) is 6.54 Å². The van der Waals surface area contributed by atoms with E-state index in [0.29, 0.717) is 17.5 Å². The number of aromatic nitrogens is 4. The molecule has 1 heterocycles. The summed E-state index contributed by atoms with van der Waals surface area (Å²) in [6.45, 7) is 2.44. The summed E-state index contributed by atoms with van der Waals surface area (Å²) in [7, 11) is 0. The smallest absolute Gasteiger partial charge is 0.263 e. The van der Waals surface area contributed by atoms with Gasteiger partial charge in [-0.1, -0.05) is 40.5 Å². The number of halogens is 2. The van der Waals surface area contributed by atoms with E-state index in [1.807, 2.05) is 25.1 Å². The maximum atomic E-state index is 14.0. The molecular weight excluding hydrogens is 319 g/mol. The van der Waals surface area contributed by atoms with Crippen LogP contribution in [0.15, 0.2) is 36.4 Å². The number of nitrogens with one attached hydrogen (secondary N) is 3. The van der Waals surface area contributed by atoms with Crippen molar-refractivity contribution >= 4 is 28.9 Å². The molecule has 0 amide bonds. The second-order valence-electron chi connectivity index (χ2n) is 4.97. The number of rotatable bonds is 5. The molecule has 3 aromatic rings. The van der Waals surface area contributed by atoms with Crippen LogP contribution in [0.2, 0.25) is 5.02 Å². The van der Waals surface area contributed by atoms with Gasteiger partial charge in [0.2, 0.25) is 0 Å². The SMILES string of the molecule is Cc1ccc(Nc2c(F)cccc2Cl)c(CNc2nn[nH]n2)c1. The fourth-order valence-corrected chi connectivity index (χ4v) is 2.36. The summed E-state index contributed by atoms with van der Waals surface area (Å²) in [5.41, 5.74) is 3.01. The minimum absolute atomic E-state index is 0.249. The molecule has 0 aliphatic rings. The molecule has 0 bridgehead atoms. The number of para-hydroxylation sites is 1. The van der Waals surface area contributed by atoms with Gasteiger partial charge >= 0.3 is 0 Å². The highest BCUT2D eigenvalue weighted by Gasteiger charge is 2.10. The Bertz CT molecular complexity index is 785. The monoisotopic (exact) mass is 332 g/mol. The maximum absolute atomic E-state index is 14.0. The van der Waals surface area contributed by atoms with Gasteiger partial charge < -0.3 is 10.6 Å². The van der Waals surface area contributed by atoms with Crippen LogP contribution in [-0.4, -0.2) is 20.6 Å². The summed E-state index contributed by atoms with van der Waals surface area (Å²) in [4.78, 5) is 0. The molecule has 0 spiro atoms. The van der Waals surface area contributed by atoms with E-state index in [1.54, 1.807) is 12.1 Å². The quantitative estimate of drug-likeness (QED) is 0.664. The zero-order valence-corrected chi connectivity index (χ0v) is 13.0. The Balaban J connectivity index is 1.86. The van der Waals surface area contributed by atoms with E-state index in [2.05, 4.69) is 31.3 Å². The van der Waals surface area contributed by atoms with E-state index < -0.39 is 5.82 Å². The number of tetrazole rings is 1. The van der Waals surface area contributed by atoms with Crippen molar-refractivity contribution in [1.29, 1.82) is 0 Å².